The van der Waals surface area contributed by atoms with Crippen LogP contribution in [0.25, 0.3) is 0 Å². The molecular formula is C10H16N2O3. The first kappa shape index (κ1) is 11.8. The number of allylic oxidation sites excluding steroid dienone is 2. The molecule has 0 aliphatic carbocycles. The maximum Gasteiger partial charge on any atom is 0.270 e. The molecule has 0 spiro atoms. The average Bonchev–Trinajstić information content (AvgIpc) is 2.41. The van der Waals surface area contributed by atoms with Crippen LogP contribution in [-0.2, 0) is 0 Å². The van der Waals surface area contributed by atoms with Gasteiger partial charge in [-0.1, -0.05) is 0 Å². The summed E-state index contributed by atoms with van der Waals surface area (Å²) < 4.78 is 0. The van der Waals surface area contributed by atoms with E-state index in [1.54, 1.807) is 0 Å². The highest BCUT2D eigenvalue weighted by Crippen LogP contribution is 2.19. The maximum atomic E-state index is 8.44. The molecular weight excluding hydrogens is 196 g/mol. The van der Waals surface area contributed by atoms with Gasteiger partial charge in [0.1, 0.15) is 0 Å². The van der Waals surface area contributed by atoms with Crippen LogP contribution in [0.1, 0.15) is 32.1 Å². The van der Waals surface area contributed by atoms with Crippen molar-refractivity contribution in [2.75, 3.05) is 13.1 Å². The van der Waals surface area contributed by atoms with Crippen LogP contribution in [0.2, 0.25) is 0 Å². The van der Waals surface area contributed by atoms with E-state index in [0.29, 0.717) is 0 Å². The molecule has 1 fully saturated rings. The molecule has 0 amide bonds. The summed E-state index contributed by atoms with van der Waals surface area (Å²) in [4.78, 5) is 8.44. The Morgan fingerprint density at radius 2 is 2.20 bits per heavy atom. The number of rotatable bonds is 0. The number of nitrogens with zero attached hydrogens (tertiary/aromatic N) is 1. The van der Waals surface area contributed by atoms with E-state index in [2.05, 4.69) is 16.5 Å². The molecule has 2 aliphatic heterocycles. The monoisotopic (exact) mass is 212 g/mol. The Balaban J connectivity index is 0.000000245. The van der Waals surface area contributed by atoms with Gasteiger partial charge in [0.25, 0.3) is 5.70 Å². The van der Waals surface area contributed by atoms with Crippen LogP contribution in [0.4, 0.5) is 4.79 Å². The second-order valence-corrected chi connectivity index (χ2v) is 3.51. The van der Waals surface area contributed by atoms with Gasteiger partial charge < -0.3 is 15.0 Å². The molecule has 0 radical (unpaired) electrons. The fourth-order valence-corrected chi connectivity index (χ4v) is 1.73. The third-order valence-corrected chi connectivity index (χ3v) is 2.36. The predicted molar refractivity (Wildman–Crippen MR) is 52.6 cm³/mol. The zero-order valence-electron chi connectivity index (χ0n) is 8.66. The molecule has 84 valence electrons. The Kier molecular flexibility index (Phi) is 4.87. The molecule has 5 nitrogen and oxygen atoms in total. The van der Waals surface area contributed by atoms with Crippen LogP contribution < -0.4 is 10.5 Å². The Labute approximate surface area is 89.4 Å². The molecule has 0 saturated carbocycles. The van der Waals surface area contributed by atoms with Crippen molar-refractivity contribution in [3.63, 3.8) is 0 Å². The van der Waals surface area contributed by atoms with E-state index >= 15 is 0 Å². The first-order valence-electron chi connectivity index (χ1n) is 5.21. The van der Waals surface area contributed by atoms with E-state index in [0.717, 1.165) is 13.0 Å². The normalized spacial score (nSPS) is 19.7. The lowest BCUT2D eigenvalue weighted by molar-refractivity contribution is -0.275. The molecule has 2 aliphatic rings. The first-order chi connectivity index (χ1) is 7.20. The van der Waals surface area contributed by atoms with Crippen LogP contribution in [0, 0.1) is 6.08 Å². The molecule has 5 heteroatoms. The molecule has 0 aromatic carbocycles. The zero-order valence-corrected chi connectivity index (χ0v) is 8.66. The number of fused-ring (bicyclic) bond motifs is 1. The van der Waals surface area contributed by atoms with Gasteiger partial charge in [-0.05, 0) is 12.8 Å². The van der Waals surface area contributed by atoms with Gasteiger partial charge in [-0.15, -0.1) is 0 Å². The SMILES string of the molecule is O=C([O-])O.[C+]1=C2CCCCNN2CCC1. The molecule has 2 N–H and O–H groups in total. The third kappa shape index (κ3) is 4.63. The van der Waals surface area contributed by atoms with E-state index in [4.69, 9.17) is 15.0 Å². The minimum Gasteiger partial charge on any atom is -0.565 e. The number of carbonyl (C=O) groups is 1. The lowest BCUT2D eigenvalue weighted by Crippen LogP contribution is -2.38. The van der Waals surface area contributed by atoms with Gasteiger partial charge in [-0.2, -0.15) is 0 Å². The van der Waals surface area contributed by atoms with Gasteiger partial charge in [-0.25, -0.2) is 5.43 Å². The van der Waals surface area contributed by atoms with E-state index < -0.39 is 6.16 Å². The molecule has 2 heterocycles. The van der Waals surface area contributed by atoms with E-state index in [9.17, 15) is 0 Å². The van der Waals surface area contributed by atoms with E-state index in [1.807, 2.05) is 0 Å². The molecule has 0 aromatic heterocycles. The molecule has 0 unspecified atom stereocenters. The summed E-state index contributed by atoms with van der Waals surface area (Å²) in [5.74, 6) is 0. The molecule has 15 heavy (non-hydrogen) atoms. The fraction of sp³-hybridized carbons (Fsp3) is 0.700. The highest BCUT2D eigenvalue weighted by atomic mass is 16.6. The molecule has 0 atom stereocenters. The van der Waals surface area contributed by atoms with E-state index in [1.165, 1.54) is 37.9 Å². The van der Waals surface area contributed by atoms with Gasteiger partial charge in [-0.3, -0.25) is 5.01 Å². The minimum atomic E-state index is -2.08. The van der Waals surface area contributed by atoms with Crippen LogP contribution in [-0.4, -0.2) is 29.4 Å². The van der Waals surface area contributed by atoms with Crippen LogP contribution >= 0.6 is 0 Å². The summed E-state index contributed by atoms with van der Waals surface area (Å²) in [7, 11) is 0. The number of hydrazine groups is 1. The highest BCUT2D eigenvalue weighted by molar-refractivity contribution is 5.50. The Bertz CT molecular complexity index is 237. The average molecular weight is 212 g/mol. The quantitative estimate of drug-likeness (QED) is 0.566. The van der Waals surface area contributed by atoms with E-state index in [-0.39, 0.29) is 0 Å². The Morgan fingerprint density at radius 1 is 1.47 bits per heavy atom. The standard InChI is InChI=1S/C9H15N2.CH2O3/c1-3-7-10-11-8-4-2-6-9(11)5-1;2-1(3)4/h10H,1-5,7-8H2;(H2,2,3,4)/q+1;/p-1. The smallest absolute Gasteiger partial charge is 0.270 e. The second kappa shape index (κ2) is 6.22. The Hall–Kier alpha value is -1.32. The van der Waals surface area contributed by atoms with Crippen molar-refractivity contribution in [2.45, 2.75) is 32.1 Å². The highest BCUT2D eigenvalue weighted by Gasteiger charge is 2.25. The fourth-order valence-electron chi connectivity index (χ4n) is 1.73. The first-order valence-corrected chi connectivity index (χ1v) is 5.21. The number of carboxylic acid groups (broad SMARTS) is 2. The van der Waals surface area contributed by atoms with Crippen molar-refractivity contribution in [1.29, 1.82) is 0 Å². The number of hydrogen-bond acceptors (Lipinski definition) is 4. The third-order valence-electron chi connectivity index (χ3n) is 2.36. The van der Waals surface area contributed by atoms with Gasteiger partial charge >= 0.3 is 0 Å². The molecule has 0 aromatic rings. The van der Waals surface area contributed by atoms with Crippen LogP contribution in [0.5, 0.6) is 0 Å². The van der Waals surface area contributed by atoms with Crippen LogP contribution in [0.3, 0.4) is 0 Å². The summed E-state index contributed by atoms with van der Waals surface area (Å²) in [6.45, 7) is 2.33. The maximum absolute atomic E-state index is 8.44. The van der Waals surface area contributed by atoms with Gasteiger partial charge in [0.05, 0.1) is 0 Å². The molecule has 0 bridgehead atoms. The summed E-state index contributed by atoms with van der Waals surface area (Å²) in [6, 6.07) is 0. The van der Waals surface area contributed by atoms with Crippen molar-refractivity contribution >= 4 is 6.16 Å². The summed E-state index contributed by atoms with van der Waals surface area (Å²) >= 11 is 0. The van der Waals surface area contributed by atoms with Crippen molar-refractivity contribution in [1.82, 2.24) is 10.4 Å². The topological polar surface area (TPSA) is 75.6 Å². The van der Waals surface area contributed by atoms with Crippen molar-refractivity contribution < 1.29 is 15.0 Å². The van der Waals surface area contributed by atoms with Gasteiger partial charge in [0.15, 0.2) is 6.42 Å². The number of hydrogen-bond donors (Lipinski definition) is 2. The van der Waals surface area contributed by atoms with Crippen LogP contribution in [0.15, 0.2) is 5.70 Å². The van der Waals surface area contributed by atoms with Gasteiger partial charge in [0.2, 0.25) is 12.2 Å². The lowest BCUT2D eigenvalue weighted by atomic mass is 10.1. The Morgan fingerprint density at radius 3 is 2.93 bits per heavy atom. The summed E-state index contributed by atoms with van der Waals surface area (Å²) in [6.07, 6.45) is 7.64. The zero-order chi connectivity index (χ0) is 11.1. The largest absolute Gasteiger partial charge is 0.565 e. The van der Waals surface area contributed by atoms with Crippen molar-refractivity contribution in [3.05, 3.63) is 11.8 Å². The molecule has 1 saturated heterocycles. The van der Waals surface area contributed by atoms with Crippen molar-refractivity contribution in [3.8, 4) is 0 Å². The van der Waals surface area contributed by atoms with Crippen molar-refractivity contribution in [2.24, 2.45) is 0 Å². The lowest BCUT2D eigenvalue weighted by Gasteiger charge is -2.21. The summed E-state index contributed by atoms with van der Waals surface area (Å²) in [5, 5.41) is 17.6. The minimum absolute atomic E-state index is 1.14. The molecule has 2 rings (SSSR count). The summed E-state index contributed by atoms with van der Waals surface area (Å²) in [5.41, 5.74) is 4.83. The predicted octanol–water partition coefficient (Wildman–Crippen LogP) is 0.345. The van der Waals surface area contributed by atoms with Gasteiger partial charge in [0, 0.05) is 25.9 Å². The second-order valence-electron chi connectivity index (χ2n) is 3.51. The number of nitrogens with one attached hydrogen (secondary N) is 1.